The van der Waals surface area contributed by atoms with Crippen LogP contribution in [0, 0.1) is 5.92 Å². The number of thiazole rings is 1. The molecule has 0 spiro atoms. The summed E-state index contributed by atoms with van der Waals surface area (Å²) in [6.07, 6.45) is 2.49. The van der Waals surface area contributed by atoms with Crippen LogP contribution in [0.4, 0.5) is 5.13 Å². The standard InChI is InChI=1S/C8H10N2O2S/c11-7(6-1-3-12-5-6)10-8-9-2-4-13-8/h2,4,6H,1,3,5H2,(H,9,10,11). The van der Waals surface area contributed by atoms with Crippen molar-refractivity contribution < 1.29 is 9.53 Å². The van der Waals surface area contributed by atoms with Crippen LogP contribution >= 0.6 is 11.3 Å². The average Bonchev–Trinajstić information content (AvgIpc) is 2.74. The van der Waals surface area contributed by atoms with E-state index < -0.39 is 0 Å². The van der Waals surface area contributed by atoms with Crippen molar-refractivity contribution in [1.82, 2.24) is 4.98 Å². The molecule has 1 aromatic heterocycles. The third-order valence-electron chi connectivity index (χ3n) is 1.96. The van der Waals surface area contributed by atoms with Gasteiger partial charge < -0.3 is 10.1 Å². The van der Waals surface area contributed by atoms with Crippen molar-refractivity contribution in [2.75, 3.05) is 18.5 Å². The van der Waals surface area contributed by atoms with Crippen molar-refractivity contribution in [1.29, 1.82) is 0 Å². The molecule has 0 saturated carbocycles. The monoisotopic (exact) mass is 198 g/mol. The van der Waals surface area contributed by atoms with Crippen LogP contribution in [-0.4, -0.2) is 24.1 Å². The largest absolute Gasteiger partial charge is 0.381 e. The van der Waals surface area contributed by atoms with Crippen molar-refractivity contribution >= 4 is 22.4 Å². The van der Waals surface area contributed by atoms with Gasteiger partial charge in [0.05, 0.1) is 12.5 Å². The first-order valence-corrected chi connectivity index (χ1v) is 5.02. The fourth-order valence-electron chi connectivity index (χ4n) is 1.23. The summed E-state index contributed by atoms with van der Waals surface area (Å²) >= 11 is 1.43. The highest BCUT2D eigenvalue weighted by molar-refractivity contribution is 7.13. The maximum absolute atomic E-state index is 11.5. The Morgan fingerprint density at radius 3 is 3.31 bits per heavy atom. The third-order valence-corrected chi connectivity index (χ3v) is 2.65. The summed E-state index contributed by atoms with van der Waals surface area (Å²) in [4.78, 5) is 15.5. The lowest BCUT2D eigenvalue weighted by molar-refractivity contribution is -0.119. The Kier molecular flexibility index (Phi) is 2.56. The molecule has 70 valence electrons. The molecular formula is C8H10N2O2S. The van der Waals surface area contributed by atoms with E-state index in [2.05, 4.69) is 10.3 Å². The van der Waals surface area contributed by atoms with Gasteiger partial charge in [0, 0.05) is 18.2 Å². The second-order valence-electron chi connectivity index (χ2n) is 2.89. The average molecular weight is 198 g/mol. The van der Waals surface area contributed by atoms with Crippen molar-refractivity contribution in [2.45, 2.75) is 6.42 Å². The van der Waals surface area contributed by atoms with E-state index >= 15 is 0 Å². The first kappa shape index (κ1) is 8.65. The molecule has 1 N–H and O–H groups in total. The van der Waals surface area contributed by atoms with Crippen LogP contribution < -0.4 is 5.32 Å². The minimum absolute atomic E-state index is 0.00361. The molecule has 4 nitrogen and oxygen atoms in total. The molecule has 0 aliphatic carbocycles. The van der Waals surface area contributed by atoms with Gasteiger partial charge in [0.15, 0.2) is 5.13 Å². The lowest BCUT2D eigenvalue weighted by Crippen LogP contribution is -2.22. The van der Waals surface area contributed by atoms with Crippen LogP contribution in [0.25, 0.3) is 0 Å². The van der Waals surface area contributed by atoms with Crippen LogP contribution in [-0.2, 0) is 9.53 Å². The molecule has 1 aliphatic heterocycles. The molecule has 5 heteroatoms. The summed E-state index contributed by atoms with van der Waals surface area (Å²) in [5.41, 5.74) is 0. The minimum Gasteiger partial charge on any atom is -0.381 e. The highest BCUT2D eigenvalue weighted by atomic mass is 32.1. The first-order chi connectivity index (χ1) is 6.36. The number of carbonyl (C=O) groups excluding carboxylic acids is 1. The first-order valence-electron chi connectivity index (χ1n) is 4.14. The Balaban J connectivity index is 1.91. The Labute approximate surface area is 79.9 Å². The zero-order valence-electron chi connectivity index (χ0n) is 7.03. The molecule has 1 amide bonds. The fourth-order valence-corrected chi connectivity index (χ4v) is 1.77. The number of carbonyl (C=O) groups is 1. The molecule has 2 heterocycles. The van der Waals surface area contributed by atoms with E-state index in [1.165, 1.54) is 11.3 Å². The summed E-state index contributed by atoms with van der Waals surface area (Å²) in [6, 6.07) is 0. The summed E-state index contributed by atoms with van der Waals surface area (Å²) < 4.78 is 5.12. The number of hydrogen-bond acceptors (Lipinski definition) is 4. The number of hydrogen-bond donors (Lipinski definition) is 1. The quantitative estimate of drug-likeness (QED) is 0.774. The van der Waals surface area contributed by atoms with E-state index in [0.717, 1.165) is 6.42 Å². The predicted molar refractivity (Wildman–Crippen MR) is 49.7 cm³/mol. The number of rotatable bonds is 2. The Hall–Kier alpha value is -0.940. The molecule has 13 heavy (non-hydrogen) atoms. The molecular weight excluding hydrogens is 188 g/mol. The molecule has 2 rings (SSSR count). The highest BCUT2D eigenvalue weighted by Gasteiger charge is 2.23. The van der Waals surface area contributed by atoms with Crippen LogP contribution in [0.15, 0.2) is 11.6 Å². The highest BCUT2D eigenvalue weighted by Crippen LogP contribution is 2.16. The summed E-state index contributed by atoms with van der Waals surface area (Å²) in [7, 11) is 0. The van der Waals surface area contributed by atoms with Crippen LogP contribution in [0.1, 0.15) is 6.42 Å². The van der Waals surface area contributed by atoms with Crippen molar-refractivity contribution in [3.8, 4) is 0 Å². The molecule has 1 saturated heterocycles. The van der Waals surface area contributed by atoms with Gasteiger partial charge in [-0.1, -0.05) is 0 Å². The minimum atomic E-state index is 0.00361. The number of amides is 1. The van der Waals surface area contributed by atoms with Gasteiger partial charge in [-0.15, -0.1) is 11.3 Å². The third kappa shape index (κ3) is 2.05. The Morgan fingerprint density at radius 1 is 1.77 bits per heavy atom. The zero-order chi connectivity index (χ0) is 9.10. The van der Waals surface area contributed by atoms with E-state index in [-0.39, 0.29) is 11.8 Å². The molecule has 1 fully saturated rings. The van der Waals surface area contributed by atoms with Crippen LogP contribution in [0.2, 0.25) is 0 Å². The number of aromatic nitrogens is 1. The van der Waals surface area contributed by atoms with Gasteiger partial charge in [0.25, 0.3) is 0 Å². The SMILES string of the molecule is O=C(Nc1nccs1)C1CCOC1. The summed E-state index contributed by atoms with van der Waals surface area (Å²) in [5, 5.41) is 5.25. The lowest BCUT2D eigenvalue weighted by atomic mass is 10.1. The van der Waals surface area contributed by atoms with Gasteiger partial charge in [-0.3, -0.25) is 4.79 Å². The summed E-state index contributed by atoms with van der Waals surface area (Å²) in [5.74, 6) is 0.0244. The van der Waals surface area contributed by atoms with Gasteiger partial charge >= 0.3 is 0 Å². The summed E-state index contributed by atoms with van der Waals surface area (Å²) in [6.45, 7) is 1.23. The lowest BCUT2D eigenvalue weighted by Gasteiger charge is -2.05. The molecule has 0 aromatic carbocycles. The second-order valence-corrected chi connectivity index (χ2v) is 3.78. The zero-order valence-corrected chi connectivity index (χ0v) is 7.84. The van der Waals surface area contributed by atoms with Crippen molar-refractivity contribution in [2.24, 2.45) is 5.92 Å². The van der Waals surface area contributed by atoms with Crippen molar-refractivity contribution in [3.63, 3.8) is 0 Å². The van der Waals surface area contributed by atoms with Gasteiger partial charge in [-0.25, -0.2) is 4.98 Å². The molecule has 0 radical (unpaired) electrons. The van der Waals surface area contributed by atoms with E-state index in [4.69, 9.17) is 4.74 Å². The molecule has 1 aromatic rings. The Bertz CT molecular complexity index is 280. The fraction of sp³-hybridized carbons (Fsp3) is 0.500. The number of anilines is 1. The number of nitrogens with zero attached hydrogens (tertiary/aromatic N) is 1. The van der Waals surface area contributed by atoms with Gasteiger partial charge in [0.2, 0.25) is 5.91 Å². The number of nitrogens with one attached hydrogen (secondary N) is 1. The predicted octanol–water partition coefficient (Wildman–Crippen LogP) is 1.12. The molecule has 1 aliphatic rings. The molecule has 0 bridgehead atoms. The van der Waals surface area contributed by atoms with Gasteiger partial charge in [0.1, 0.15) is 0 Å². The van der Waals surface area contributed by atoms with Crippen LogP contribution in [0.5, 0.6) is 0 Å². The van der Waals surface area contributed by atoms with Crippen LogP contribution in [0.3, 0.4) is 0 Å². The van der Waals surface area contributed by atoms with Crippen molar-refractivity contribution in [3.05, 3.63) is 11.6 Å². The number of ether oxygens (including phenoxy) is 1. The maximum atomic E-state index is 11.5. The topological polar surface area (TPSA) is 51.2 Å². The van der Waals surface area contributed by atoms with E-state index in [1.807, 2.05) is 5.38 Å². The van der Waals surface area contributed by atoms with Gasteiger partial charge in [-0.05, 0) is 6.42 Å². The second kappa shape index (κ2) is 3.85. The van der Waals surface area contributed by atoms with Gasteiger partial charge in [-0.2, -0.15) is 0 Å². The Morgan fingerprint density at radius 2 is 2.69 bits per heavy atom. The molecule has 1 unspecified atom stereocenters. The normalized spacial score (nSPS) is 21.7. The van der Waals surface area contributed by atoms with E-state index in [1.54, 1.807) is 6.20 Å². The van der Waals surface area contributed by atoms with E-state index in [0.29, 0.717) is 18.3 Å². The molecule has 1 atom stereocenters. The smallest absolute Gasteiger partial charge is 0.231 e. The maximum Gasteiger partial charge on any atom is 0.231 e. The van der Waals surface area contributed by atoms with E-state index in [9.17, 15) is 4.79 Å².